The van der Waals surface area contributed by atoms with Gasteiger partial charge in [0.2, 0.25) is 11.6 Å². The smallest absolute Gasteiger partial charge is 0.245 e. The third kappa shape index (κ3) is 18.4. The Balaban J connectivity index is 2.15. The highest BCUT2D eigenvalue weighted by Crippen LogP contribution is 2.27. The third-order valence-electron chi connectivity index (χ3n) is 7.87. The molecule has 44 heavy (non-hydrogen) atoms. The molecule has 1 aliphatic carbocycles. The predicted molar refractivity (Wildman–Crippen MR) is 176 cm³/mol. The minimum Gasteiger partial charge on any atom is -0.395 e. The summed E-state index contributed by atoms with van der Waals surface area (Å²) in [6.45, 7) is 0.822. The van der Waals surface area contributed by atoms with Crippen LogP contribution in [0.5, 0.6) is 0 Å². The van der Waals surface area contributed by atoms with Crippen LogP contribution < -0.4 is 0 Å². The number of nitrogens with zero attached hydrogens (tertiary/aromatic N) is 4. The number of nitro groups is 1. The van der Waals surface area contributed by atoms with Crippen LogP contribution in [0.1, 0.15) is 116 Å². The van der Waals surface area contributed by atoms with Gasteiger partial charge in [-0.15, -0.1) is 0 Å². The molecular weight excluding hydrogens is 564 g/mol. The molecule has 1 rings (SSSR count). The van der Waals surface area contributed by atoms with E-state index in [0.29, 0.717) is 50.1 Å². The first-order chi connectivity index (χ1) is 21.5. The zero-order valence-corrected chi connectivity index (χ0v) is 26.8. The van der Waals surface area contributed by atoms with E-state index < -0.39 is 0 Å². The van der Waals surface area contributed by atoms with Crippen molar-refractivity contribution in [1.29, 1.82) is 0 Å². The normalized spacial score (nSPS) is 16.7. The fraction of sp³-hybridized carbons (Fsp3) is 0.788. The number of amides is 1. The Labute approximate surface area is 264 Å². The Morgan fingerprint density at radius 2 is 1.20 bits per heavy atom. The van der Waals surface area contributed by atoms with Gasteiger partial charge in [-0.2, -0.15) is 0 Å². The lowest BCUT2D eigenvalue weighted by atomic mass is 9.88. The maximum atomic E-state index is 12.1. The summed E-state index contributed by atoms with van der Waals surface area (Å²) in [5.74, 6) is 0.00847. The average Bonchev–Trinajstić information content (AvgIpc) is 3.02. The maximum Gasteiger partial charge on any atom is 0.245 e. The molecule has 0 bridgehead atoms. The molecular formula is C33H58N4O7. The fourth-order valence-corrected chi connectivity index (χ4v) is 5.46. The van der Waals surface area contributed by atoms with Crippen LogP contribution >= 0.6 is 0 Å². The van der Waals surface area contributed by atoms with Crippen molar-refractivity contribution in [2.75, 3.05) is 52.6 Å². The third-order valence-corrected chi connectivity index (χ3v) is 7.87. The van der Waals surface area contributed by atoms with Crippen LogP contribution in [0.15, 0.2) is 33.4 Å². The molecule has 1 fully saturated rings. The first-order valence-corrected chi connectivity index (χ1v) is 16.8. The molecule has 0 aromatic rings. The van der Waals surface area contributed by atoms with Crippen LogP contribution in [0.4, 0.5) is 0 Å². The largest absolute Gasteiger partial charge is 0.395 e. The molecule has 11 heteroatoms. The number of rotatable bonds is 26. The number of hydrogen-bond acceptors (Lipinski definition) is 9. The molecule has 0 aromatic carbocycles. The van der Waals surface area contributed by atoms with E-state index in [2.05, 4.69) is 22.1 Å². The summed E-state index contributed by atoms with van der Waals surface area (Å²) in [5, 5.41) is 48.1. The number of carbonyl (C=O) groups excluding carboxylic acids is 1. The van der Waals surface area contributed by atoms with Gasteiger partial charge in [-0.1, -0.05) is 57.1 Å². The number of aliphatic imine (C=N–C) groups is 2. The standard InChI is InChI=1S/C33H58N4O7/c38-24-20-34-30-19-18-29(28-31(30)35-21-25-39)32(37(43)44)16-14-12-10-8-6-4-2-1-3-5-7-9-11-13-15-17-33(42)36(22-26-40)23-27-41/h1,3,38-41H,2,4-28H2. The Hall–Kier alpha value is -2.47. The van der Waals surface area contributed by atoms with E-state index in [1.807, 2.05) is 0 Å². The van der Waals surface area contributed by atoms with Crippen LogP contribution in [0.2, 0.25) is 0 Å². The first kappa shape index (κ1) is 39.6. The summed E-state index contributed by atoms with van der Waals surface area (Å²) in [6.07, 6.45) is 20.8. The van der Waals surface area contributed by atoms with E-state index in [4.69, 9.17) is 20.4 Å². The summed E-state index contributed by atoms with van der Waals surface area (Å²) in [4.78, 5) is 34.0. The van der Waals surface area contributed by atoms with Crippen LogP contribution in [-0.4, -0.2) is 100 Å². The molecule has 4 N–H and O–H groups in total. The highest BCUT2D eigenvalue weighted by atomic mass is 16.6. The molecule has 1 saturated carbocycles. The van der Waals surface area contributed by atoms with Crippen molar-refractivity contribution in [2.45, 2.75) is 116 Å². The second kappa shape index (κ2) is 26.9. The molecule has 0 atom stereocenters. The van der Waals surface area contributed by atoms with Crippen molar-refractivity contribution in [3.8, 4) is 0 Å². The van der Waals surface area contributed by atoms with Gasteiger partial charge in [-0.3, -0.25) is 24.9 Å². The van der Waals surface area contributed by atoms with Crippen LogP contribution in [-0.2, 0) is 4.79 Å². The van der Waals surface area contributed by atoms with Gasteiger partial charge in [0.1, 0.15) is 0 Å². The van der Waals surface area contributed by atoms with Crippen molar-refractivity contribution in [1.82, 2.24) is 4.90 Å². The summed E-state index contributed by atoms with van der Waals surface area (Å²) in [5.41, 5.74) is 2.61. The van der Waals surface area contributed by atoms with Crippen LogP contribution in [0.25, 0.3) is 0 Å². The van der Waals surface area contributed by atoms with Crippen molar-refractivity contribution in [3.63, 3.8) is 0 Å². The van der Waals surface area contributed by atoms with Gasteiger partial charge in [-0.05, 0) is 51.4 Å². The van der Waals surface area contributed by atoms with E-state index in [0.717, 1.165) is 88.3 Å². The lowest BCUT2D eigenvalue weighted by Crippen LogP contribution is -2.35. The SMILES string of the molecule is O=C(CCCCCCCC=CCCCCCCCCC(=C1CCC(=NCCO)C(=NCCO)C1)[N+](=O)[O-])N(CCO)CCO. The van der Waals surface area contributed by atoms with Gasteiger partial charge in [0, 0.05) is 37.9 Å². The molecule has 0 aliphatic heterocycles. The maximum absolute atomic E-state index is 12.1. The molecule has 1 aliphatic rings. The molecule has 0 spiro atoms. The Morgan fingerprint density at radius 3 is 1.73 bits per heavy atom. The van der Waals surface area contributed by atoms with Gasteiger partial charge in [-0.25, -0.2) is 0 Å². The van der Waals surface area contributed by atoms with Crippen molar-refractivity contribution in [2.24, 2.45) is 9.98 Å². The molecule has 0 unspecified atom stereocenters. The first-order valence-electron chi connectivity index (χ1n) is 16.8. The minimum absolute atomic E-state index is 0.00847. The number of allylic oxidation sites excluding steroid dienone is 4. The molecule has 0 aromatic heterocycles. The Morgan fingerprint density at radius 1 is 0.705 bits per heavy atom. The second-order valence-electron chi connectivity index (χ2n) is 11.4. The van der Waals surface area contributed by atoms with Crippen molar-refractivity contribution < 1.29 is 30.1 Å². The minimum atomic E-state index is -0.236. The average molecular weight is 623 g/mol. The van der Waals surface area contributed by atoms with E-state index in [-0.39, 0.29) is 56.9 Å². The van der Waals surface area contributed by atoms with Gasteiger partial charge < -0.3 is 25.3 Å². The summed E-state index contributed by atoms with van der Waals surface area (Å²) < 4.78 is 0. The molecule has 252 valence electrons. The quantitative estimate of drug-likeness (QED) is 0.0465. The molecule has 1 amide bonds. The van der Waals surface area contributed by atoms with Gasteiger partial charge in [0.25, 0.3) is 0 Å². The summed E-state index contributed by atoms with van der Waals surface area (Å²) in [7, 11) is 0. The van der Waals surface area contributed by atoms with Crippen LogP contribution in [0.3, 0.4) is 0 Å². The molecule has 11 nitrogen and oxygen atoms in total. The lowest BCUT2D eigenvalue weighted by Gasteiger charge is -2.20. The Kier molecular flexibility index (Phi) is 24.2. The molecule has 0 heterocycles. The number of unbranched alkanes of at least 4 members (excludes halogenated alkanes) is 11. The second-order valence-corrected chi connectivity index (χ2v) is 11.4. The predicted octanol–water partition coefficient (Wildman–Crippen LogP) is 4.79. The van der Waals surface area contributed by atoms with E-state index in [1.165, 1.54) is 11.3 Å². The highest BCUT2D eigenvalue weighted by Gasteiger charge is 2.26. The van der Waals surface area contributed by atoms with Gasteiger partial charge in [0.15, 0.2) is 0 Å². The number of hydrogen-bond donors (Lipinski definition) is 4. The summed E-state index contributed by atoms with van der Waals surface area (Å²) in [6, 6.07) is 0. The fourth-order valence-electron chi connectivity index (χ4n) is 5.46. The topological polar surface area (TPSA) is 169 Å². The van der Waals surface area contributed by atoms with E-state index in [1.54, 1.807) is 0 Å². The molecule has 0 saturated heterocycles. The Bertz CT molecular complexity index is 912. The lowest BCUT2D eigenvalue weighted by molar-refractivity contribution is -0.429. The van der Waals surface area contributed by atoms with E-state index in [9.17, 15) is 14.9 Å². The number of aliphatic hydroxyl groups is 4. The summed E-state index contributed by atoms with van der Waals surface area (Å²) >= 11 is 0. The number of aliphatic hydroxyl groups excluding tert-OH is 4. The van der Waals surface area contributed by atoms with Crippen molar-refractivity contribution in [3.05, 3.63) is 33.5 Å². The van der Waals surface area contributed by atoms with Crippen LogP contribution in [0, 0.1) is 10.1 Å². The number of carbonyl (C=O) groups is 1. The zero-order valence-electron chi connectivity index (χ0n) is 26.8. The zero-order chi connectivity index (χ0) is 32.3. The van der Waals surface area contributed by atoms with Gasteiger partial charge in [0.05, 0.1) is 55.9 Å². The van der Waals surface area contributed by atoms with Crippen molar-refractivity contribution >= 4 is 17.3 Å². The molecule has 0 radical (unpaired) electrons. The van der Waals surface area contributed by atoms with E-state index >= 15 is 0 Å². The monoisotopic (exact) mass is 622 g/mol. The highest BCUT2D eigenvalue weighted by molar-refractivity contribution is 6.43. The van der Waals surface area contributed by atoms with Gasteiger partial charge >= 0.3 is 0 Å².